The molecule has 3 aromatic rings. The van der Waals surface area contributed by atoms with Gasteiger partial charge in [-0.3, -0.25) is 19.7 Å². The predicted octanol–water partition coefficient (Wildman–Crippen LogP) is 1.34. The first-order chi connectivity index (χ1) is 17.0. The highest BCUT2D eigenvalue weighted by Crippen LogP contribution is 2.29. The van der Waals surface area contributed by atoms with Gasteiger partial charge in [-0.1, -0.05) is 17.3 Å². The molecular formula is C23H27BN6O5. The number of aliphatic carboxylic acids is 1. The van der Waals surface area contributed by atoms with Gasteiger partial charge in [-0.2, -0.15) is 0 Å². The van der Waals surface area contributed by atoms with E-state index in [9.17, 15) is 14.6 Å². The number of ketones is 1. The molecule has 4 rings (SSSR count). The third kappa shape index (κ3) is 7.25. The van der Waals surface area contributed by atoms with Gasteiger partial charge in [-0.15, -0.1) is 5.10 Å². The van der Waals surface area contributed by atoms with Crippen LogP contribution in [0.1, 0.15) is 36.3 Å². The molecule has 12 heteroatoms. The van der Waals surface area contributed by atoms with E-state index in [-0.39, 0.29) is 25.2 Å². The number of rotatable bonds is 11. The van der Waals surface area contributed by atoms with E-state index in [0.29, 0.717) is 31.7 Å². The zero-order valence-corrected chi connectivity index (χ0v) is 19.2. The molecular weight excluding hydrogens is 451 g/mol. The van der Waals surface area contributed by atoms with E-state index in [1.54, 1.807) is 18.6 Å². The molecule has 4 heterocycles. The monoisotopic (exact) mass is 478 g/mol. The number of carboxylic acids is 1. The molecule has 0 amide bonds. The maximum Gasteiger partial charge on any atom is 0.458 e. The van der Waals surface area contributed by atoms with Gasteiger partial charge in [0.1, 0.15) is 12.6 Å². The van der Waals surface area contributed by atoms with Crippen molar-refractivity contribution in [2.24, 2.45) is 0 Å². The Morgan fingerprint density at radius 3 is 2.26 bits per heavy atom. The van der Waals surface area contributed by atoms with E-state index < -0.39 is 25.0 Å². The number of carbonyl (C=O) groups excluding carboxylic acids is 1. The van der Waals surface area contributed by atoms with Crippen LogP contribution in [0.25, 0.3) is 0 Å². The van der Waals surface area contributed by atoms with Crippen molar-refractivity contribution in [1.82, 2.24) is 29.9 Å². The minimum atomic E-state index is -1.27. The zero-order chi connectivity index (χ0) is 24.6. The van der Waals surface area contributed by atoms with Gasteiger partial charge in [0.2, 0.25) is 0 Å². The molecule has 11 nitrogen and oxygen atoms in total. The van der Waals surface area contributed by atoms with Crippen LogP contribution >= 0.6 is 0 Å². The van der Waals surface area contributed by atoms with Crippen LogP contribution in [-0.4, -0.2) is 65.0 Å². The molecule has 0 aliphatic carbocycles. The summed E-state index contributed by atoms with van der Waals surface area (Å²) in [5.41, 5.74) is 2.55. The molecule has 0 bridgehead atoms. The SMILES string of the molecule is O=C(C[C@H]1CC[C@H](C(=O)O)OB1O)Cn1cc(CN(Cc2ccccn2)Cc2ccccn2)nn1. The number of aromatic nitrogens is 5. The third-order valence-corrected chi connectivity index (χ3v) is 5.81. The van der Waals surface area contributed by atoms with E-state index in [0.717, 1.165) is 11.4 Å². The Balaban J connectivity index is 1.34. The first kappa shape index (κ1) is 24.6. The Morgan fingerprint density at radius 2 is 1.69 bits per heavy atom. The Hall–Kier alpha value is -3.48. The smallest absolute Gasteiger partial charge is 0.458 e. The zero-order valence-electron chi connectivity index (χ0n) is 19.2. The van der Waals surface area contributed by atoms with Gasteiger partial charge >= 0.3 is 13.1 Å². The standard InChI is InChI=1S/C23H27BN6O5/c31-21(11-17-7-8-22(23(32)33)35-24(17)34)16-30-15-20(27-28-30)14-29(12-18-5-1-3-9-25-18)13-19-6-2-4-10-26-19/h1-6,9-10,15,17,22,34H,7-8,11-14,16H2,(H,32,33)/t17-,22-/m1/s1. The summed E-state index contributed by atoms with van der Waals surface area (Å²) in [7, 11) is -1.27. The molecule has 0 radical (unpaired) electrons. The number of Topliss-reactive ketones (excluding diaryl/α,β-unsaturated/α-hetero) is 1. The average molecular weight is 478 g/mol. The number of hydrogen-bond acceptors (Lipinski definition) is 9. The van der Waals surface area contributed by atoms with Crippen molar-refractivity contribution in [3.05, 3.63) is 72.1 Å². The molecule has 0 saturated carbocycles. The Kier molecular flexibility index (Phi) is 8.30. The summed E-state index contributed by atoms with van der Waals surface area (Å²) in [5, 5.41) is 27.4. The second kappa shape index (κ2) is 11.8. The van der Waals surface area contributed by atoms with E-state index in [4.69, 9.17) is 9.76 Å². The Labute approximate surface area is 202 Å². The molecule has 182 valence electrons. The van der Waals surface area contributed by atoms with Crippen LogP contribution in [0.3, 0.4) is 0 Å². The normalized spacial score (nSPS) is 18.1. The van der Waals surface area contributed by atoms with Crippen molar-refractivity contribution in [2.75, 3.05) is 0 Å². The van der Waals surface area contributed by atoms with E-state index in [1.807, 2.05) is 36.4 Å². The van der Waals surface area contributed by atoms with E-state index >= 15 is 0 Å². The van der Waals surface area contributed by atoms with E-state index in [2.05, 4.69) is 25.2 Å². The van der Waals surface area contributed by atoms with Crippen molar-refractivity contribution in [3.63, 3.8) is 0 Å². The van der Waals surface area contributed by atoms with Crippen molar-refractivity contribution >= 4 is 18.9 Å². The molecule has 1 fully saturated rings. The number of nitrogens with zero attached hydrogens (tertiary/aromatic N) is 6. The molecule has 0 unspecified atom stereocenters. The summed E-state index contributed by atoms with van der Waals surface area (Å²) in [4.78, 5) is 34.5. The first-order valence-electron chi connectivity index (χ1n) is 11.5. The lowest BCUT2D eigenvalue weighted by Gasteiger charge is -2.28. The quantitative estimate of drug-likeness (QED) is 0.388. The summed E-state index contributed by atoms with van der Waals surface area (Å²) in [6.07, 6.45) is 4.96. The van der Waals surface area contributed by atoms with Crippen LogP contribution < -0.4 is 0 Å². The lowest BCUT2D eigenvalue weighted by Crippen LogP contribution is -2.40. The van der Waals surface area contributed by atoms with Crippen molar-refractivity contribution in [2.45, 2.75) is 57.4 Å². The highest BCUT2D eigenvalue weighted by atomic mass is 16.5. The molecule has 35 heavy (non-hydrogen) atoms. The molecule has 1 aliphatic heterocycles. The summed E-state index contributed by atoms with van der Waals surface area (Å²) < 4.78 is 6.59. The second-order valence-electron chi connectivity index (χ2n) is 8.63. The van der Waals surface area contributed by atoms with Gasteiger partial charge in [0.25, 0.3) is 0 Å². The fourth-order valence-electron chi connectivity index (χ4n) is 4.10. The fourth-order valence-corrected chi connectivity index (χ4v) is 4.10. The molecule has 2 atom stereocenters. The van der Waals surface area contributed by atoms with Crippen molar-refractivity contribution in [1.29, 1.82) is 0 Å². The van der Waals surface area contributed by atoms with Gasteiger partial charge in [0.15, 0.2) is 5.78 Å². The number of hydrogen-bond donors (Lipinski definition) is 2. The van der Waals surface area contributed by atoms with Gasteiger partial charge < -0.3 is 14.8 Å². The summed E-state index contributed by atoms with van der Waals surface area (Å²) in [6.45, 7) is 1.70. The van der Waals surface area contributed by atoms with E-state index in [1.165, 1.54) is 4.68 Å². The molecule has 0 aromatic carbocycles. The summed E-state index contributed by atoms with van der Waals surface area (Å²) >= 11 is 0. The maximum absolute atomic E-state index is 12.6. The number of carbonyl (C=O) groups is 2. The average Bonchev–Trinajstić information content (AvgIpc) is 3.28. The minimum Gasteiger partial charge on any atom is -0.479 e. The maximum atomic E-state index is 12.6. The van der Waals surface area contributed by atoms with Crippen LogP contribution in [0.4, 0.5) is 0 Å². The number of pyridine rings is 2. The van der Waals surface area contributed by atoms with Crippen molar-refractivity contribution < 1.29 is 24.4 Å². The van der Waals surface area contributed by atoms with Crippen LogP contribution in [0, 0.1) is 0 Å². The third-order valence-electron chi connectivity index (χ3n) is 5.81. The van der Waals surface area contributed by atoms with Gasteiger partial charge in [-0.25, -0.2) is 9.48 Å². The van der Waals surface area contributed by atoms with Crippen LogP contribution in [0.5, 0.6) is 0 Å². The van der Waals surface area contributed by atoms with Crippen molar-refractivity contribution in [3.8, 4) is 0 Å². The fraction of sp³-hybridized carbons (Fsp3) is 0.391. The van der Waals surface area contributed by atoms with Crippen LogP contribution in [-0.2, 0) is 40.4 Å². The predicted molar refractivity (Wildman–Crippen MR) is 125 cm³/mol. The van der Waals surface area contributed by atoms with Gasteiger partial charge in [-0.05, 0) is 37.1 Å². The number of carboxylic acid groups (broad SMARTS) is 1. The second-order valence-corrected chi connectivity index (χ2v) is 8.63. The largest absolute Gasteiger partial charge is 0.479 e. The summed E-state index contributed by atoms with van der Waals surface area (Å²) in [5.74, 6) is -1.68. The Morgan fingerprint density at radius 1 is 1.03 bits per heavy atom. The minimum absolute atomic E-state index is 0.0130. The molecule has 3 aromatic heterocycles. The first-order valence-corrected chi connectivity index (χ1v) is 11.5. The topological polar surface area (TPSA) is 144 Å². The van der Waals surface area contributed by atoms with Crippen LogP contribution in [0.15, 0.2) is 55.0 Å². The molecule has 1 saturated heterocycles. The lowest BCUT2D eigenvalue weighted by molar-refractivity contribution is -0.147. The highest BCUT2D eigenvalue weighted by molar-refractivity contribution is 6.45. The summed E-state index contributed by atoms with van der Waals surface area (Å²) in [6, 6.07) is 11.6. The molecule has 2 N–H and O–H groups in total. The highest BCUT2D eigenvalue weighted by Gasteiger charge is 2.38. The molecule has 1 aliphatic rings. The lowest BCUT2D eigenvalue weighted by atomic mass is 9.64. The van der Waals surface area contributed by atoms with Gasteiger partial charge in [0.05, 0.1) is 23.3 Å². The van der Waals surface area contributed by atoms with Crippen LogP contribution in [0.2, 0.25) is 5.82 Å². The molecule has 0 spiro atoms. The van der Waals surface area contributed by atoms with Gasteiger partial charge in [0, 0.05) is 44.3 Å². The Bertz CT molecular complexity index is 1070.